The molecule has 1 aromatic rings. The number of benzene rings is 1. The van der Waals surface area contributed by atoms with Gasteiger partial charge in [0, 0.05) is 19.1 Å². The summed E-state index contributed by atoms with van der Waals surface area (Å²) >= 11 is 0. The van der Waals surface area contributed by atoms with Crippen LogP contribution in [-0.2, 0) is 30.7 Å². The van der Waals surface area contributed by atoms with Crippen molar-refractivity contribution in [2.24, 2.45) is 0 Å². The molecule has 4 unspecified atom stereocenters. The van der Waals surface area contributed by atoms with Crippen molar-refractivity contribution >= 4 is 27.6 Å². The molecule has 2 heterocycles. The Labute approximate surface area is 171 Å². The molecule has 0 saturated carbocycles. The molecule has 8 nitrogen and oxygen atoms in total. The van der Waals surface area contributed by atoms with Gasteiger partial charge in [-0.2, -0.15) is 0 Å². The lowest BCUT2D eigenvalue weighted by Crippen LogP contribution is -2.51. The third-order valence-corrected chi connectivity index (χ3v) is 6.46. The van der Waals surface area contributed by atoms with Gasteiger partial charge in [0.25, 0.3) is 5.91 Å². The Hall–Kier alpha value is -2.13. The average molecular weight is 425 g/mol. The normalized spacial score (nSPS) is 25.5. The Morgan fingerprint density at radius 1 is 1.17 bits per heavy atom. The Morgan fingerprint density at radius 3 is 2.38 bits per heavy atom. The van der Waals surface area contributed by atoms with Crippen molar-refractivity contribution in [3.63, 3.8) is 0 Å². The maximum Gasteiger partial charge on any atom is 0.338 e. The molecular weight excluding hydrogens is 396 g/mol. The van der Waals surface area contributed by atoms with Crippen molar-refractivity contribution < 1.29 is 27.5 Å². The summed E-state index contributed by atoms with van der Waals surface area (Å²) in [6, 6.07) is 4.59. The molecule has 1 amide bonds. The van der Waals surface area contributed by atoms with Gasteiger partial charge in [-0.15, -0.1) is 0 Å². The van der Waals surface area contributed by atoms with Gasteiger partial charge in [-0.25, -0.2) is 13.2 Å². The van der Waals surface area contributed by atoms with Crippen LogP contribution in [-0.4, -0.2) is 68.9 Å². The van der Waals surface area contributed by atoms with Crippen LogP contribution >= 0.6 is 0 Å². The standard InChI is InChI=1S/C20H28N2O6S/c1-12-8-17-9-16(6-7-18(17)22(12)29(5,25)26)20(24)28-15(4)19(23)21-10-13(2)27-14(3)11-21/h6-7,9,12-15H,8,10-11H2,1-5H3. The molecule has 2 aliphatic rings. The molecule has 0 spiro atoms. The topological polar surface area (TPSA) is 93.2 Å². The molecule has 1 aromatic carbocycles. The number of ether oxygens (including phenoxy) is 2. The van der Waals surface area contributed by atoms with E-state index in [0.29, 0.717) is 30.8 Å². The number of sulfonamides is 1. The monoisotopic (exact) mass is 424 g/mol. The van der Waals surface area contributed by atoms with E-state index in [0.717, 1.165) is 5.56 Å². The first-order valence-corrected chi connectivity index (χ1v) is 11.6. The van der Waals surface area contributed by atoms with Crippen LogP contribution in [0.4, 0.5) is 5.69 Å². The lowest BCUT2D eigenvalue weighted by Gasteiger charge is -2.36. The number of hydrogen-bond acceptors (Lipinski definition) is 6. The van der Waals surface area contributed by atoms with Crippen LogP contribution in [0.5, 0.6) is 0 Å². The third kappa shape index (κ3) is 4.56. The van der Waals surface area contributed by atoms with Crippen LogP contribution in [0.2, 0.25) is 0 Å². The average Bonchev–Trinajstić information content (AvgIpc) is 2.94. The molecule has 0 aromatic heterocycles. The van der Waals surface area contributed by atoms with Gasteiger partial charge in [0.1, 0.15) is 0 Å². The number of morpholine rings is 1. The van der Waals surface area contributed by atoms with Gasteiger partial charge >= 0.3 is 5.97 Å². The van der Waals surface area contributed by atoms with E-state index in [4.69, 9.17) is 9.47 Å². The van der Waals surface area contributed by atoms with Gasteiger partial charge in [0.15, 0.2) is 6.10 Å². The summed E-state index contributed by atoms with van der Waals surface area (Å²) in [6.07, 6.45) is 0.632. The fraction of sp³-hybridized carbons (Fsp3) is 0.600. The summed E-state index contributed by atoms with van der Waals surface area (Å²) in [5.41, 5.74) is 1.65. The number of anilines is 1. The number of rotatable bonds is 4. The molecule has 29 heavy (non-hydrogen) atoms. The van der Waals surface area contributed by atoms with E-state index < -0.39 is 22.1 Å². The quantitative estimate of drug-likeness (QED) is 0.682. The Kier molecular flexibility index (Phi) is 5.91. The number of hydrogen-bond donors (Lipinski definition) is 0. The number of fused-ring (bicyclic) bond motifs is 1. The van der Waals surface area contributed by atoms with Crippen LogP contribution < -0.4 is 4.31 Å². The van der Waals surface area contributed by atoms with Gasteiger partial charge in [-0.3, -0.25) is 9.10 Å². The lowest BCUT2D eigenvalue weighted by atomic mass is 10.1. The number of nitrogens with zero attached hydrogens (tertiary/aromatic N) is 2. The van der Waals surface area contributed by atoms with Crippen LogP contribution in [0.15, 0.2) is 18.2 Å². The fourth-order valence-electron chi connectivity index (χ4n) is 4.13. The maximum absolute atomic E-state index is 12.7. The Morgan fingerprint density at radius 2 is 1.79 bits per heavy atom. The zero-order valence-corrected chi connectivity index (χ0v) is 18.2. The number of amides is 1. The first kappa shape index (κ1) is 21.6. The first-order valence-electron chi connectivity index (χ1n) is 9.75. The molecule has 0 aliphatic carbocycles. The first-order chi connectivity index (χ1) is 13.5. The molecule has 3 rings (SSSR count). The number of esters is 1. The van der Waals surface area contributed by atoms with Crippen LogP contribution in [0.3, 0.4) is 0 Å². The van der Waals surface area contributed by atoms with E-state index >= 15 is 0 Å². The smallest absolute Gasteiger partial charge is 0.338 e. The van der Waals surface area contributed by atoms with E-state index in [9.17, 15) is 18.0 Å². The van der Waals surface area contributed by atoms with Gasteiger partial charge < -0.3 is 14.4 Å². The van der Waals surface area contributed by atoms with Gasteiger partial charge in [-0.05, 0) is 57.9 Å². The van der Waals surface area contributed by atoms with Crippen molar-refractivity contribution in [1.29, 1.82) is 0 Å². The maximum atomic E-state index is 12.7. The SMILES string of the molecule is CC1CN(C(=O)C(C)OC(=O)c2ccc3c(c2)CC(C)N3S(C)(=O)=O)CC(C)O1. The number of carbonyl (C=O) groups is 2. The minimum absolute atomic E-state index is 0.0675. The molecule has 9 heteroatoms. The van der Waals surface area contributed by atoms with E-state index in [1.165, 1.54) is 16.6 Å². The molecule has 1 fully saturated rings. The predicted molar refractivity (Wildman–Crippen MR) is 108 cm³/mol. The van der Waals surface area contributed by atoms with Crippen molar-refractivity contribution in [3.8, 4) is 0 Å². The van der Waals surface area contributed by atoms with Crippen molar-refractivity contribution in [2.75, 3.05) is 23.7 Å². The highest BCUT2D eigenvalue weighted by molar-refractivity contribution is 7.92. The summed E-state index contributed by atoms with van der Waals surface area (Å²) < 4.78 is 36.4. The van der Waals surface area contributed by atoms with Crippen molar-refractivity contribution in [1.82, 2.24) is 4.90 Å². The molecule has 1 saturated heterocycles. The Bertz CT molecular complexity index is 906. The summed E-state index contributed by atoms with van der Waals surface area (Å²) in [5.74, 6) is -0.855. The van der Waals surface area contributed by atoms with E-state index in [-0.39, 0.29) is 24.2 Å². The Balaban J connectivity index is 1.70. The lowest BCUT2D eigenvalue weighted by molar-refractivity contribution is -0.151. The highest BCUT2D eigenvalue weighted by atomic mass is 32.2. The zero-order chi connectivity index (χ0) is 21.5. The van der Waals surface area contributed by atoms with Gasteiger partial charge in [-0.1, -0.05) is 0 Å². The summed E-state index contributed by atoms with van der Waals surface area (Å²) in [4.78, 5) is 26.9. The summed E-state index contributed by atoms with van der Waals surface area (Å²) in [7, 11) is -3.39. The fourth-order valence-corrected chi connectivity index (χ4v) is 5.39. The molecule has 0 bridgehead atoms. The molecule has 4 atom stereocenters. The molecule has 2 aliphatic heterocycles. The zero-order valence-electron chi connectivity index (χ0n) is 17.4. The van der Waals surface area contributed by atoms with Crippen molar-refractivity contribution in [3.05, 3.63) is 29.3 Å². The van der Waals surface area contributed by atoms with Gasteiger partial charge in [0.2, 0.25) is 10.0 Å². The van der Waals surface area contributed by atoms with E-state index in [2.05, 4.69) is 0 Å². The molecule has 0 radical (unpaired) electrons. The summed E-state index contributed by atoms with van der Waals surface area (Å²) in [6.45, 7) is 8.11. The minimum atomic E-state index is -3.39. The second kappa shape index (κ2) is 7.95. The van der Waals surface area contributed by atoms with Crippen LogP contribution in [0, 0.1) is 0 Å². The largest absolute Gasteiger partial charge is 0.449 e. The minimum Gasteiger partial charge on any atom is -0.449 e. The molecular formula is C20H28N2O6S. The van der Waals surface area contributed by atoms with Crippen LogP contribution in [0.1, 0.15) is 43.6 Å². The molecule has 160 valence electrons. The van der Waals surface area contributed by atoms with E-state index in [1.807, 2.05) is 20.8 Å². The van der Waals surface area contributed by atoms with Crippen LogP contribution in [0.25, 0.3) is 0 Å². The highest BCUT2D eigenvalue weighted by Crippen LogP contribution is 2.34. The highest BCUT2D eigenvalue weighted by Gasteiger charge is 2.34. The molecule has 0 N–H and O–H groups in total. The third-order valence-electron chi connectivity index (χ3n) is 5.19. The predicted octanol–water partition coefficient (Wildman–Crippen LogP) is 1.58. The summed E-state index contributed by atoms with van der Waals surface area (Å²) in [5, 5.41) is 0. The second-order valence-corrected chi connectivity index (χ2v) is 9.86. The second-order valence-electron chi connectivity index (χ2n) is 8.00. The number of carbonyl (C=O) groups excluding carboxylic acids is 2. The van der Waals surface area contributed by atoms with Gasteiger partial charge in [0.05, 0.1) is 29.7 Å². The van der Waals surface area contributed by atoms with E-state index in [1.54, 1.807) is 24.0 Å². The van der Waals surface area contributed by atoms with Crippen molar-refractivity contribution in [2.45, 2.75) is 58.5 Å².